The number of hydrogen-bond acceptors (Lipinski definition) is 6. The smallest absolute Gasteiger partial charge is 0.341 e. The molecule has 2 aromatic rings. The molecule has 22 heavy (non-hydrogen) atoms. The van der Waals surface area contributed by atoms with Gasteiger partial charge in [0.25, 0.3) is 0 Å². The fourth-order valence-electron chi connectivity index (χ4n) is 1.83. The van der Waals surface area contributed by atoms with E-state index in [2.05, 4.69) is 20.7 Å². The van der Waals surface area contributed by atoms with Crippen LogP contribution in [0.3, 0.4) is 0 Å². The van der Waals surface area contributed by atoms with Gasteiger partial charge in [-0.1, -0.05) is 6.07 Å². The largest absolute Gasteiger partial charge is 0.507 e. The third-order valence-corrected chi connectivity index (χ3v) is 7.35. The Morgan fingerprint density at radius 2 is 2.05 bits per heavy atom. The lowest BCUT2D eigenvalue weighted by molar-refractivity contribution is 0.0597. The van der Waals surface area contributed by atoms with E-state index in [4.69, 9.17) is 0 Å². The number of hydrogen-bond donors (Lipinski definition) is 1. The normalized spacial score (nSPS) is 11.4. The van der Waals surface area contributed by atoms with Gasteiger partial charge in [0.05, 0.1) is 16.6 Å². The first-order chi connectivity index (χ1) is 10.2. The van der Waals surface area contributed by atoms with Gasteiger partial charge in [-0.3, -0.25) is 0 Å². The van der Waals surface area contributed by atoms with Gasteiger partial charge >= 0.3 is 5.97 Å². The molecule has 118 valence electrons. The quantitative estimate of drug-likeness (QED) is 0.790. The number of carbonyl (C=O) groups excluding carboxylic acids is 1. The van der Waals surface area contributed by atoms with E-state index in [1.54, 1.807) is 6.07 Å². The Morgan fingerprint density at radius 1 is 1.36 bits per heavy atom. The molecule has 0 amide bonds. The highest BCUT2D eigenvalue weighted by atomic mass is 79.9. The van der Waals surface area contributed by atoms with Crippen molar-refractivity contribution in [3.05, 3.63) is 44.7 Å². The first kappa shape index (κ1) is 17.0. The molecule has 0 saturated carbocycles. The van der Waals surface area contributed by atoms with Crippen molar-refractivity contribution in [2.45, 2.75) is 16.9 Å². The summed E-state index contributed by atoms with van der Waals surface area (Å²) in [5.41, 5.74) is 1.25. The van der Waals surface area contributed by atoms with Crippen LogP contribution >= 0.6 is 27.3 Å². The van der Waals surface area contributed by atoms with E-state index in [0.717, 1.165) is 20.7 Å². The summed E-state index contributed by atoms with van der Waals surface area (Å²) in [6.07, 6.45) is 0. The summed E-state index contributed by atoms with van der Waals surface area (Å²) in [4.78, 5) is 11.4. The Bertz CT molecular complexity index is 804. The maximum atomic E-state index is 12.4. The zero-order valence-corrected chi connectivity index (χ0v) is 15.0. The average molecular weight is 405 g/mol. The molecule has 1 heterocycles. The lowest BCUT2D eigenvalue weighted by atomic mass is 10.1. The Kier molecular flexibility index (Phi) is 4.93. The van der Waals surface area contributed by atoms with Crippen molar-refractivity contribution in [1.29, 1.82) is 0 Å². The number of aromatic hydroxyl groups is 1. The second-order valence-corrected chi connectivity index (χ2v) is 9.21. The summed E-state index contributed by atoms with van der Waals surface area (Å²) in [7, 11) is -2.30. The van der Waals surface area contributed by atoms with Crippen LogP contribution in [0.15, 0.2) is 32.3 Å². The standard InChI is InChI=1S/C14H13BrO5S2/c1-8-5-12(21-13(8)15)22(18,19)7-9-3-4-10(11(16)6-9)14(17)20-2/h3-6,16H,7H2,1-2H3. The molecule has 0 unspecified atom stereocenters. The van der Waals surface area contributed by atoms with Crippen LogP contribution in [0.4, 0.5) is 0 Å². The fourth-order valence-corrected chi connectivity index (χ4v) is 5.47. The van der Waals surface area contributed by atoms with Crippen molar-refractivity contribution < 1.29 is 23.1 Å². The molecule has 0 radical (unpaired) electrons. The fraction of sp³-hybridized carbons (Fsp3) is 0.214. The monoisotopic (exact) mass is 404 g/mol. The van der Waals surface area contributed by atoms with E-state index in [-0.39, 0.29) is 21.3 Å². The second-order valence-electron chi connectivity index (χ2n) is 4.62. The number of benzene rings is 1. The molecule has 0 aliphatic carbocycles. The van der Waals surface area contributed by atoms with Crippen LogP contribution in [-0.2, 0) is 20.3 Å². The number of phenolic OH excluding ortho intramolecular Hbond substituents is 1. The lowest BCUT2D eigenvalue weighted by Gasteiger charge is -2.06. The molecule has 8 heteroatoms. The van der Waals surface area contributed by atoms with Crippen molar-refractivity contribution in [2.75, 3.05) is 7.11 Å². The average Bonchev–Trinajstić information content (AvgIpc) is 2.78. The van der Waals surface area contributed by atoms with Crippen LogP contribution < -0.4 is 0 Å². The molecule has 0 fully saturated rings. The third-order valence-electron chi connectivity index (χ3n) is 2.97. The van der Waals surface area contributed by atoms with Gasteiger partial charge in [0, 0.05) is 0 Å². The Hall–Kier alpha value is -1.38. The van der Waals surface area contributed by atoms with Crippen molar-refractivity contribution in [3.63, 3.8) is 0 Å². The minimum atomic E-state index is -3.51. The number of halogens is 1. The summed E-state index contributed by atoms with van der Waals surface area (Å²) in [5.74, 6) is -1.23. The second kappa shape index (κ2) is 6.39. The van der Waals surface area contributed by atoms with Crippen molar-refractivity contribution in [3.8, 4) is 5.75 Å². The molecule has 1 N–H and O–H groups in total. The summed E-state index contributed by atoms with van der Waals surface area (Å²) < 4.78 is 30.3. The molecule has 0 saturated heterocycles. The minimum Gasteiger partial charge on any atom is -0.507 e. The van der Waals surface area contributed by atoms with E-state index >= 15 is 0 Å². The van der Waals surface area contributed by atoms with Crippen LogP contribution in [0.25, 0.3) is 0 Å². The highest BCUT2D eigenvalue weighted by molar-refractivity contribution is 9.11. The van der Waals surface area contributed by atoms with E-state index < -0.39 is 15.8 Å². The molecule has 1 aromatic carbocycles. The first-order valence-electron chi connectivity index (χ1n) is 6.13. The maximum absolute atomic E-state index is 12.4. The van der Waals surface area contributed by atoms with Gasteiger partial charge < -0.3 is 9.84 Å². The molecule has 0 aliphatic heterocycles. The number of sulfone groups is 1. The summed E-state index contributed by atoms with van der Waals surface area (Å²) in [6.45, 7) is 1.82. The number of thiophene rings is 1. The van der Waals surface area contributed by atoms with Crippen molar-refractivity contribution >= 4 is 43.1 Å². The Morgan fingerprint density at radius 3 is 2.55 bits per heavy atom. The topological polar surface area (TPSA) is 80.7 Å². The molecule has 1 aromatic heterocycles. The van der Waals surface area contributed by atoms with Gasteiger partial charge in [-0.15, -0.1) is 11.3 Å². The SMILES string of the molecule is COC(=O)c1ccc(CS(=O)(=O)c2cc(C)c(Br)s2)cc1O. The maximum Gasteiger partial charge on any atom is 0.341 e. The Balaban J connectivity index is 2.30. The Labute approximate surface area is 140 Å². The van der Waals surface area contributed by atoms with Gasteiger partial charge in [-0.05, 0) is 52.2 Å². The van der Waals surface area contributed by atoms with Crippen LogP contribution in [0.2, 0.25) is 0 Å². The third kappa shape index (κ3) is 3.50. The molecule has 0 spiro atoms. The zero-order chi connectivity index (χ0) is 16.5. The van der Waals surface area contributed by atoms with E-state index in [9.17, 15) is 18.3 Å². The van der Waals surface area contributed by atoms with E-state index in [0.29, 0.717) is 5.56 Å². The number of phenols is 1. The number of rotatable bonds is 4. The van der Waals surface area contributed by atoms with Gasteiger partial charge in [0.15, 0.2) is 9.84 Å². The predicted octanol–water partition coefficient (Wildman–Crippen LogP) is 3.29. The number of aryl methyl sites for hydroxylation is 1. The minimum absolute atomic E-state index is 0.00152. The molecule has 0 atom stereocenters. The van der Waals surface area contributed by atoms with E-state index in [1.165, 1.54) is 25.3 Å². The van der Waals surface area contributed by atoms with Crippen molar-refractivity contribution in [2.24, 2.45) is 0 Å². The number of esters is 1. The molecular weight excluding hydrogens is 392 g/mol. The number of ether oxygens (including phenoxy) is 1. The molecular formula is C14H13BrO5S2. The number of methoxy groups -OCH3 is 1. The molecule has 0 aliphatic rings. The molecule has 2 rings (SSSR count). The predicted molar refractivity (Wildman–Crippen MR) is 87.1 cm³/mol. The van der Waals surface area contributed by atoms with Crippen LogP contribution in [0, 0.1) is 6.92 Å². The van der Waals surface area contributed by atoms with Gasteiger partial charge in [0.1, 0.15) is 15.5 Å². The molecule has 0 bridgehead atoms. The summed E-state index contributed by atoms with van der Waals surface area (Å²) in [6, 6.07) is 5.70. The van der Waals surface area contributed by atoms with Gasteiger partial charge in [0.2, 0.25) is 0 Å². The molecule has 5 nitrogen and oxygen atoms in total. The first-order valence-corrected chi connectivity index (χ1v) is 9.39. The van der Waals surface area contributed by atoms with E-state index in [1.807, 2.05) is 6.92 Å². The highest BCUT2D eigenvalue weighted by Crippen LogP contribution is 2.32. The lowest BCUT2D eigenvalue weighted by Crippen LogP contribution is -2.05. The van der Waals surface area contributed by atoms with Crippen molar-refractivity contribution in [1.82, 2.24) is 0 Å². The number of carbonyl (C=O) groups is 1. The van der Waals surface area contributed by atoms with Gasteiger partial charge in [-0.25, -0.2) is 13.2 Å². The zero-order valence-electron chi connectivity index (χ0n) is 11.8. The van der Waals surface area contributed by atoms with Gasteiger partial charge in [-0.2, -0.15) is 0 Å². The summed E-state index contributed by atoms with van der Waals surface area (Å²) in [5, 5.41) is 9.81. The highest BCUT2D eigenvalue weighted by Gasteiger charge is 2.20. The van der Waals surface area contributed by atoms with Crippen LogP contribution in [0.1, 0.15) is 21.5 Å². The summed E-state index contributed by atoms with van der Waals surface area (Å²) >= 11 is 4.45. The van der Waals surface area contributed by atoms with Crippen LogP contribution in [-0.4, -0.2) is 26.6 Å². The van der Waals surface area contributed by atoms with Crippen LogP contribution in [0.5, 0.6) is 5.75 Å².